The molecule has 0 amide bonds. The number of hydrogen-bond donors (Lipinski definition) is 0. The Balaban J connectivity index is 2.06. The first-order chi connectivity index (χ1) is 11.3. The Bertz CT molecular complexity index is 462. The molecule has 0 bridgehead atoms. The Hall–Kier alpha value is -0.110. The van der Waals surface area contributed by atoms with Gasteiger partial charge in [-0.2, -0.15) is 0 Å². The first kappa shape index (κ1) is 22.2. The molecule has 0 aliphatic carbocycles. The molecular weight excluding hydrogens is 334 g/mol. The van der Waals surface area contributed by atoms with Crippen LogP contribution in [0.25, 0.3) is 0 Å². The average Bonchev–Trinajstić information content (AvgIpc) is 2.65. The predicted molar refractivity (Wildman–Crippen MR) is 102 cm³/mol. The summed E-state index contributed by atoms with van der Waals surface area (Å²) < 4.78 is 36.2. The Morgan fingerprint density at radius 3 is 0.885 bits per heavy atom. The lowest BCUT2D eigenvalue weighted by molar-refractivity contribution is -0.115. The van der Waals surface area contributed by atoms with Gasteiger partial charge in [0.1, 0.15) is 0 Å². The molecule has 0 aromatic heterocycles. The van der Waals surface area contributed by atoms with Crippen LogP contribution in [0.1, 0.15) is 83.1 Å². The highest BCUT2D eigenvalue weighted by molar-refractivity contribution is 6.38. The van der Waals surface area contributed by atoms with Crippen molar-refractivity contribution >= 4 is 14.6 Å². The molecule has 2 saturated heterocycles. The van der Waals surface area contributed by atoms with Crippen LogP contribution in [0.5, 0.6) is 0 Å². The van der Waals surface area contributed by atoms with Crippen LogP contribution in [0, 0.1) is 0 Å². The van der Waals surface area contributed by atoms with Gasteiger partial charge in [-0.25, -0.2) is 0 Å². The Morgan fingerprint density at radius 1 is 0.500 bits per heavy atom. The first-order valence-electron chi connectivity index (χ1n) is 9.39. The van der Waals surface area contributed by atoms with Gasteiger partial charge in [-0.3, -0.25) is 0 Å². The molecule has 0 spiro atoms. The molecule has 0 aromatic carbocycles. The molecule has 0 aromatic rings. The van der Waals surface area contributed by atoms with Crippen LogP contribution in [0.3, 0.4) is 0 Å². The van der Waals surface area contributed by atoms with Crippen molar-refractivity contribution in [1.29, 1.82) is 0 Å². The fourth-order valence-electron chi connectivity index (χ4n) is 2.44. The molecule has 150 valence electrons. The second-order valence-electron chi connectivity index (χ2n) is 10.3. The molecule has 26 heavy (non-hydrogen) atoms. The summed E-state index contributed by atoms with van der Waals surface area (Å²) in [7, 11) is -1.53. The van der Waals surface area contributed by atoms with Crippen molar-refractivity contribution in [2.24, 2.45) is 0 Å². The van der Waals surface area contributed by atoms with Crippen LogP contribution in [-0.4, -0.2) is 48.2 Å². The monoisotopic (exact) mass is 370 g/mol. The lowest BCUT2D eigenvalue weighted by Crippen LogP contribution is -2.55. The molecule has 0 atom stereocenters. The van der Waals surface area contributed by atoms with E-state index in [1.165, 1.54) is 0 Å². The van der Waals surface area contributed by atoms with Gasteiger partial charge in [-0.05, 0) is 83.1 Å². The normalized spacial score (nSPS) is 27.2. The van der Waals surface area contributed by atoms with Gasteiger partial charge < -0.3 is 27.9 Å². The van der Waals surface area contributed by atoms with E-state index in [9.17, 15) is 0 Å². The summed E-state index contributed by atoms with van der Waals surface area (Å²) in [5, 5.41) is 0. The Kier molecular flexibility index (Phi) is 5.28. The molecule has 2 aliphatic heterocycles. The topological polar surface area (TPSA) is 55.4 Å². The Morgan fingerprint density at radius 2 is 0.692 bits per heavy atom. The molecule has 2 heterocycles. The smallest absolute Gasteiger partial charge is 0.378 e. The van der Waals surface area contributed by atoms with Gasteiger partial charge in [0.05, 0.1) is 33.6 Å². The maximum atomic E-state index is 6.17. The van der Waals surface area contributed by atoms with E-state index in [2.05, 4.69) is 0 Å². The van der Waals surface area contributed by atoms with Crippen LogP contribution in [-0.2, 0) is 27.9 Å². The van der Waals surface area contributed by atoms with Crippen molar-refractivity contribution in [3.8, 4) is 0 Å². The summed E-state index contributed by atoms with van der Waals surface area (Å²) >= 11 is 0. The third kappa shape index (κ3) is 3.87. The maximum Gasteiger partial charge on any atom is 0.640 e. The highest BCUT2D eigenvalue weighted by Crippen LogP contribution is 2.42. The standard InChI is InChI=1S/C18H36B2O6/c1-13(2)14(3,4)22-19(21-13)25-17(9,10)18(11,12)26-20-23-15(5,6)16(7,8)24-20/h1-12H3. The summed E-state index contributed by atoms with van der Waals surface area (Å²) in [5.74, 6) is 0. The summed E-state index contributed by atoms with van der Waals surface area (Å²) in [6.07, 6.45) is 0. The maximum absolute atomic E-state index is 6.17. The minimum atomic E-state index is -0.767. The number of rotatable bonds is 5. The van der Waals surface area contributed by atoms with Gasteiger partial charge in [-0.1, -0.05) is 0 Å². The third-order valence-corrected chi connectivity index (χ3v) is 6.69. The number of hydrogen-bond acceptors (Lipinski definition) is 6. The first-order valence-corrected chi connectivity index (χ1v) is 9.39. The van der Waals surface area contributed by atoms with Crippen LogP contribution in [0.15, 0.2) is 0 Å². The van der Waals surface area contributed by atoms with E-state index in [4.69, 9.17) is 27.9 Å². The molecule has 2 fully saturated rings. The highest BCUT2D eigenvalue weighted by Gasteiger charge is 2.59. The molecule has 2 aliphatic rings. The van der Waals surface area contributed by atoms with E-state index >= 15 is 0 Å². The molecule has 0 unspecified atom stereocenters. The van der Waals surface area contributed by atoms with Gasteiger partial charge in [-0.15, -0.1) is 0 Å². The van der Waals surface area contributed by atoms with Gasteiger partial charge in [0.25, 0.3) is 0 Å². The fourth-order valence-corrected chi connectivity index (χ4v) is 2.44. The van der Waals surface area contributed by atoms with Crippen molar-refractivity contribution in [3.63, 3.8) is 0 Å². The molecular formula is C18H36B2O6. The predicted octanol–water partition coefficient (Wildman–Crippen LogP) is 3.75. The van der Waals surface area contributed by atoms with Crippen LogP contribution in [0.4, 0.5) is 0 Å². The van der Waals surface area contributed by atoms with Crippen LogP contribution < -0.4 is 0 Å². The van der Waals surface area contributed by atoms with Gasteiger partial charge in [0, 0.05) is 0 Å². The zero-order chi connectivity index (χ0) is 20.4. The van der Waals surface area contributed by atoms with E-state index in [0.29, 0.717) is 0 Å². The quantitative estimate of drug-likeness (QED) is 0.687. The summed E-state index contributed by atoms with van der Waals surface area (Å²) in [5.41, 5.74) is -3.26. The van der Waals surface area contributed by atoms with E-state index in [-0.39, 0.29) is 0 Å². The molecule has 2 rings (SSSR count). The van der Waals surface area contributed by atoms with Gasteiger partial charge in [0.15, 0.2) is 0 Å². The van der Waals surface area contributed by atoms with E-state index < -0.39 is 48.2 Å². The third-order valence-electron chi connectivity index (χ3n) is 6.69. The van der Waals surface area contributed by atoms with E-state index in [1.807, 2.05) is 83.1 Å². The Labute approximate surface area is 159 Å². The second kappa shape index (κ2) is 6.19. The molecule has 0 saturated carbocycles. The summed E-state index contributed by atoms with van der Waals surface area (Å²) in [4.78, 5) is 0. The summed E-state index contributed by atoms with van der Waals surface area (Å²) in [6, 6.07) is 0. The van der Waals surface area contributed by atoms with Crippen molar-refractivity contribution in [2.75, 3.05) is 0 Å². The fraction of sp³-hybridized carbons (Fsp3) is 1.00. The van der Waals surface area contributed by atoms with Crippen LogP contribution >= 0.6 is 0 Å². The van der Waals surface area contributed by atoms with Crippen LogP contribution in [0.2, 0.25) is 0 Å². The zero-order valence-corrected chi connectivity index (χ0v) is 18.6. The second-order valence-corrected chi connectivity index (χ2v) is 10.3. The molecule has 8 heteroatoms. The van der Waals surface area contributed by atoms with Gasteiger partial charge in [0.2, 0.25) is 0 Å². The van der Waals surface area contributed by atoms with E-state index in [1.54, 1.807) is 0 Å². The average molecular weight is 370 g/mol. The van der Waals surface area contributed by atoms with Crippen molar-refractivity contribution in [3.05, 3.63) is 0 Å². The lowest BCUT2D eigenvalue weighted by Gasteiger charge is -2.42. The summed E-state index contributed by atoms with van der Waals surface area (Å²) in [6.45, 7) is 23.8. The molecule has 0 radical (unpaired) electrons. The van der Waals surface area contributed by atoms with E-state index in [0.717, 1.165) is 0 Å². The SMILES string of the molecule is CC1(C)OB(OC(C)(C)C(C)(C)OB2OC(C)(C)C(C)(C)O2)OC1(C)C. The lowest BCUT2D eigenvalue weighted by atomic mass is 9.86. The van der Waals surface area contributed by atoms with Crippen molar-refractivity contribution in [1.82, 2.24) is 0 Å². The minimum Gasteiger partial charge on any atom is -0.378 e. The zero-order valence-electron chi connectivity index (χ0n) is 18.6. The molecule has 0 N–H and O–H groups in total. The van der Waals surface area contributed by atoms with Gasteiger partial charge >= 0.3 is 14.6 Å². The largest absolute Gasteiger partial charge is 0.640 e. The van der Waals surface area contributed by atoms with Crippen molar-refractivity contribution < 1.29 is 27.9 Å². The highest BCUT2D eigenvalue weighted by atomic mass is 16.8. The molecule has 6 nitrogen and oxygen atoms in total. The van der Waals surface area contributed by atoms with Crippen molar-refractivity contribution in [2.45, 2.75) is 117 Å². The minimum absolute atomic E-state index is 0.454.